The lowest BCUT2D eigenvalue weighted by atomic mass is 9.93. The van der Waals surface area contributed by atoms with Crippen LogP contribution in [-0.4, -0.2) is 46.4 Å². The minimum atomic E-state index is -0.758. The minimum Gasteiger partial charge on any atom is -0.507 e. The van der Waals surface area contributed by atoms with Gasteiger partial charge in [-0.2, -0.15) is 0 Å². The largest absolute Gasteiger partial charge is 0.507 e. The average molecular weight is 528 g/mol. The van der Waals surface area contributed by atoms with Crippen LogP contribution in [0, 0.1) is 0 Å². The summed E-state index contributed by atoms with van der Waals surface area (Å²) in [4.78, 5) is 35.0. The van der Waals surface area contributed by atoms with Crippen LogP contribution in [0.15, 0.2) is 72.4 Å². The molecule has 2 heterocycles. The third kappa shape index (κ3) is 5.67. The maximum Gasteiger partial charge on any atom is 0.296 e. The molecule has 0 spiro atoms. The van der Waals surface area contributed by atoms with Gasteiger partial charge in [0.2, 0.25) is 0 Å². The van der Waals surface area contributed by atoms with E-state index in [9.17, 15) is 14.7 Å². The normalized spacial score (nSPS) is 16.7. The van der Waals surface area contributed by atoms with Gasteiger partial charge >= 0.3 is 0 Å². The zero-order valence-electron chi connectivity index (χ0n) is 23.3. The summed E-state index contributed by atoms with van der Waals surface area (Å²) < 4.78 is 5.78. The number of pyridine rings is 1. The van der Waals surface area contributed by atoms with E-state index >= 15 is 0 Å². The Labute approximate surface area is 230 Å². The molecule has 1 fully saturated rings. The average Bonchev–Trinajstić information content (AvgIpc) is 3.19. The van der Waals surface area contributed by atoms with Gasteiger partial charge in [-0.25, -0.2) is 0 Å². The summed E-state index contributed by atoms with van der Waals surface area (Å²) in [5.41, 5.74) is 3.93. The molecule has 0 bridgehead atoms. The van der Waals surface area contributed by atoms with Crippen molar-refractivity contribution < 1.29 is 19.4 Å². The van der Waals surface area contributed by atoms with Gasteiger partial charge < -0.3 is 19.6 Å². The fraction of sp³-hybridized carbons (Fsp3) is 0.344. The van der Waals surface area contributed by atoms with Crippen molar-refractivity contribution in [2.75, 3.05) is 24.6 Å². The molecule has 0 radical (unpaired) electrons. The Hall–Kier alpha value is -4.13. The molecule has 4 rings (SSSR count). The van der Waals surface area contributed by atoms with E-state index in [1.54, 1.807) is 18.3 Å². The highest BCUT2D eigenvalue weighted by atomic mass is 16.5. The molecule has 2 aromatic carbocycles. The predicted octanol–water partition coefficient (Wildman–Crippen LogP) is 6.07. The number of hydrogen-bond acceptors (Lipinski definition) is 6. The van der Waals surface area contributed by atoms with Crippen molar-refractivity contribution in [3.63, 3.8) is 0 Å². The third-order valence-electron chi connectivity index (χ3n) is 7.14. The molecule has 0 aliphatic carbocycles. The lowest BCUT2D eigenvalue weighted by molar-refractivity contribution is -0.140. The van der Waals surface area contributed by atoms with E-state index in [2.05, 4.69) is 23.7 Å². The van der Waals surface area contributed by atoms with E-state index in [1.165, 1.54) is 4.90 Å². The van der Waals surface area contributed by atoms with E-state index in [0.29, 0.717) is 17.9 Å². The van der Waals surface area contributed by atoms with E-state index in [0.717, 1.165) is 35.7 Å². The summed E-state index contributed by atoms with van der Waals surface area (Å²) >= 11 is 0. The number of Topliss-reactive ketones (excluding diaryl/α,β-unsaturated/α-hetero) is 1. The van der Waals surface area contributed by atoms with Crippen LogP contribution < -0.4 is 9.64 Å². The van der Waals surface area contributed by atoms with Gasteiger partial charge in [-0.15, -0.1) is 0 Å². The summed E-state index contributed by atoms with van der Waals surface area (Å²) in [5.74, 6) is -0.687. The quantitative estimate of drug-likeness (QED) is 0.196. The van der Waals surface area contributed by atoms with Gasteiger partial charge in [-0.05, 0) is 80.3 Å². The van der Waals surface area contributed by atoms with Crippen molar-refractivity contribution in [1.82, 2.24) is 9.88 Å². The standard InChI is InChI=1S/C32H37N3O4/c1-6-34(7-2)25-15-12-22(13-16-25)29-28(31(37)32(38)35(29)20-24-11-9-10-18-33-24)30(36)23-14-17-27(39-8-3)26(19-23)21(4)5/h9-19,21,29,36H,6-8,20H2,1-5H3/b30-28-. The number of ketones is 1. The van der Waals surface area contributed by atoms with Gasteiger partial charge in [0, 0.05) is 30.5 Å². The molecule has 204 valence electrons. The second-order valence-electron chi connectivity index (χ2n) is 9.85. The van der Waals surface area contributed by atoms with Gasteiger partial charge in [-0.1, -0.05) is 32.0 Å². The van der Waals surface area contributed by atoms with Crippen molar-refractivity contribution in [2.45, 2.75) is 53.1 Å². The Kier molecular flexibility index (Phi) is 8.69. The van der Waals surface area contributed by atoms with Crippen LogP contribution in [0.4, 0.5) is 5.69 Å². The van der Waals surface area contributed by atoms with E-state index in [-0.39, 0.29) is 23.8 Å². The first kappa shape index (κ1) is 27.9. The van der Waals surface area contributed by atoms with Crippen LogP contribution in [0.2, 0.25) is 0 Å². The number of ether oxygens (including phenoxy) is 1. The van der Waals surface area contributed by atoms with Crippen LogP contribution in [0.5, 0.6) is 5.75 Å². The Morgan fingerprint density at radius 2 is 1.74 bits per heavy atom. The minimum absolute atomic E-state index is 0.0744. The van der Waals surface area contributed by atoms with Gasteiger partial charge in [0.15, 0.2) is 0 Å². The number of amides is 1. The molecule has 1 atom stereocenters. The lowest BCUT2D eigenvalue weighted by Crippen LogP contribution is -2.29. The molecular formula is C32H37N3O4. The first-order valence-electron chi connectivity index (χ1n) is 13.6. The monoisotopic (exact) mass is 527 g/mol. The molecule has 1 amide bonds. The van der Waals surface area contributed by atoms with Crippen molar-refractivity contribution in [3.05, 3.63) is 94.8 Å². The van der Waals surface area contributed by atoms with Crippen molar-refractivity contribution >= 4 is 23.1 Å². The number of rotatable bonds is 10. The molecular weight excluding hydrogens is 490 g/mol. The lowest BCUT2D eigenvalue weighted by Gasteiger charge is -2.26. The SMILES string of the molecule is CCOc1ccc(/C(O)=C2/C(=O)C(=O)N(Cc3ccccn3)C2c2ccc(N(CC)CC)cc2)cc1C(C)C. The second kappa shape index (κ2) is 12.2. The first-order valence-corrected chi connectivity index (χ1v) is 13.6. The molecule has 1 aliphatic rings. The van der Waals surface area contributed by atoms with Gasteiger partial charge in [0.1, 0.15) is 11.5 Å². The van der Waals surface area contributed by atoms with Crippen LogP contribution in [0.25, 0.3) is 5.76 Å². The highest BCUT2D eigenvalue weighted by molar-refractivity contribution is 6.46. The molecule has 1 aliphatic heterocycles. The zero-order chi connectivity index (χ0) is 28.1. The number of nitrogens with zero attached hydrogens (tertiary/aromatic N) is 3. The predicted molar refractivity (Wildman–Crippen MR) is 154 cm³/mol. The molecule has 7 heteroatoms. The molecule has 39 heavy (non-hydrogen) atoms. The summed E-state index contributed by atoms with van der Waals surface area (Å²) in [5, 5.41) is 11.6. The first-order chi connectivity index (χ1) is 18.8. The summed E-state index contributed by atoms with van der Waals surface area (Å²) in [6.45, 7) is 12.6. The molecule has 0 saturated carbocycles. The number of carbonyl (C=O) groups excluding carboxylic acids is 2. The Bertz CT molecular complexity index is 1350. The zero-order valence-corrected chi connectivity index (χ0v) is 23.3. The van der Waals surface area contributed by atoms with Crippen LogP contribution in [0.3, 0.4) is 0 Å². The Balaban J connectivity index is 1.85. The van der Waals surface area contributed by atoms with Gasteiger partial charge in [0.25, 0.3) is 11.7 Å². The summed E-state index contributed by atoms with van der Waals surface area (Å²) in [7, 11) is 0. The van der Waals surface area contributed by atoms with Crippen molar-refractivity contribution in [3.8, 4) is 5.75 Å². The number of aliphatic hydroxyl groups excluding tert-OH is 1. The third-order valence-corrected chi connectivity index (χ3v) is 7.14. The van der Waals surface area contributed by atoms with Crippen molar-refractivity contribution in [1.29, 1.82) is 0 Å². The molecule has 3 aromatic rings. The van der Waals surface area contributed by atoms with E-state index in [4.69, 9.17) is 4.74 Å². The number of carbonyl (C=O) groups is 2. The van der Waals surface area contributed by atoms with E-state index in [1.807, 2.05) is 69.3 Å². The highest BCUT2D eigenvalue weighted by Gasteiger charge is 2.46. The number of hydrogen-bond donors (Lipinski definition) is 1. The fourth-order valence-electron chi connectivity index (χ4n) is 5.10. The number of likely N-dealkylation sites (tertiary alicyclic amines) is 1. The van der Waals surface area contributed by atoms with Crippen LogP contribution in [0.1, 0.15) is 69.0 Å². The summed E-state index contributed by atoms with van der Waals surface area (Å²) in [6.07, 6.45) is 1.66. The summed E-state index contributed by atoms with van der Waals surface area (Å²) in [6, 6.07) is 18.0. The van der Waals surface area contributed by atoms with Crippen LogP contribution in [-0.2, 0) is 16.1 Å². The maximum absolute atomic E-state index is 13.5. The van der Waals surface area contributed by atoms with Gasteiger partial charge in [0.05, 0.1) is 30.5 Å². The topological polar surface area (TPSA) is 83.0 Å². The van der Waals surface area contributed by atoms with Crippen molar-refractivity contribution in [2.24, 2.45) is 0 Å². The molecule has 7 nitrogen and oxygen atoms in total. The molecule has 1 unspecified atom stereocenters. The van der Waals surface area contributed by atoms with Gasteiger partial charge in [-0.3, -0.25) is 14.6 Å². The number of aliphatic hydroxyl groups is 1. The number of aromatic nitrogens is 1. The van der Waals surface area contributed by atoms with E-state index < -0.39 is 17.7 Å². The number of benzene rings is 2. The molecule has 1 N–H and O–H groups in total. The number of anilines is 1. The maximum atomic E-state index is 13.5. The smallest absolute Gasteiger partial charge is 0.296 e. The highest BCUT2D eigenvalue weighted by Crippen LogP contribution is 2.41. The molecule has 1 saturated heterocycles. The fourth-order valence-corrected chi connectivity index (χ4v) is 5.10. The van der Waals surface area contributed by atoms with Crippen LogP contribution >= 0.6 is 0 Å². The second-order valence-corrected chi connectivity index (χ2v) is 9.85. The Morgan fingerprint density at radius 1 is 1.03 bits per heavy atom. The molecule has 1 aromatic heterocycles. The Morgan fingerprint density at radius 3 is 2.33 bits per heavy atom.